The summed E-state index contributed by atoms with van der Waals surface area (Å²) in [5.41, 5.74) is 0.617. The first-order chi connectivity index (χ1) is 10.2. The number of nitrogens with zero attached hydrogens (tertiary/aromatic N) is 1. The van der Waals surface area contributed by atoms with Crippen LogP contribution in [-0.4, -0.2) is 24.0 Å². The minimum atomic E-state index is -0.260. The van der Waals surface area contributed by atoms with Crippen LogP contribution >= 0.6 is 0 Å². The van der Waals surface area contributed by atoms with Crippen molar-refractivity contribution in [3.63, 3.8) is 0 Å². The summed E-state index contributed by atoms with van der Waals surface area (Å²) in [4.78, 5) is 16.9. The Hall–Kier alpha value is -1.94. The molecular weight excluding hydrogens is 262 g/mol. The van der Waals surface area contributed by atoms with Crippen LogP contribution in [0.25, 0.3) is 10.8 Å². The number of carbonyl (C=O) groups excluding carboxylic acids is 1. The van der Waals surface area contributed by atoms with E-state index >= 15 is 0 Å². The molecule has 1 fully saturated rings. The second-order valence-corrected chi connectivity index (χ2v) is 5.81. The molecule has 2 aromatic rings. The smallest absolute Gasteiger partial charge is 0.231 e. The highest BCUT2D eigenvalue weighted by Gasteiger charge is 2.40. The first kappa shape index (κ1) is 14.0. The number of anilines is 1. The van der Waals surface area contributed by atoms with E-state index in [1.54, 1.807) is 6.20 Å². The number of rotatable bonds is 4. The largest absolute Gasteiger partial charge is 0.325 e. The predicted octanol–water partition coefficient (Wildman–Crippen LogP) is 2.95. The van der Waals surface area contributed by atoms with Crippen molar-refractivity contribution in [3.05, 3.63) is 36.7 Å². The number of fused-ring (bicyclic) bond motifs is 1. The number of amides is 1. The summed E-state index contributed by atoms with van der Waals surface area (Å²) in [6.45, 7) is 3.84. The van der Waals surface area contributed by atoms with Gasteiger partial charge in [0.1, 0.15) is 0 Å². The molecule has 3 rings (SSSR count). The summed E-state index contributed by atoms with van der Waals surface area (Å²) in [5, 5.41) is 8.56. The van der Waals surface area contributed by atoms with Gasteiger partial charge in [-0.1, -0.05) is 25.5 Å². The zero-order chi connectivity index (χ0) is 14.7. The molecular formula is C17H21N3O. The summed E-state index contributed by atoms with van der Waals surface area (Å²) >= 11 is 0. The monoisotopic (exact) mass is 283 g/mol. The van der Waals surface area contributed by atoms with Crippen LogP contribution in [0.4, 0.5) is 5.69 Å². The van der Waals surface area contributed by atoms with E-state index in [1.165, 1.54) is 0 Å². The van der Waals surface area contributed by atoms with Gasteiger partial charge in [0.2, 0.25) is 5.91 Å². The fourth-order valence-electron chi connectivity index (χ4n) is 3.23. The second kappa shape index (κ2) is 5.82. The molecule has 0 spiro atoms. The predicted molar refractivity (Wildman–Crippen MR) is 85.2 cm³/mol. The third-order valence-electron chi connectivity index (χ3n) is 4.38. The molecule has 4 nitrogen and oxygen atoms in total. The molecule has 21 heavy (non-hydrogen) atoms. The van der Waals surface area contributed by atoms with Crippen LogP contribution < -0.4 is 10.6 Å². The van der Waals surface area contributed by atoms with Crippen molar-refractivity contribution in [2.45, 2.75) is 26.2 Å². The minimum Gasteiger partial charge on any atom is -0.325 e. The lowest BCUT2D eigenvalue weighted by atomic mass is 9.81. The Kier molecular flexibility index (Phi) is 3.88. The van der Waals surface area contributed by atoms with Gasteiger partial charge < -0.3 is 10.6 Å². The van der Waals surface area contributed by atoms with Gasteiger partial charge in [-0.3, -0.25) is 9.78 Å². The van der Waals surface area contributed by atoms with Crippen molar-refractivity contribution in [3.8, 4) is 0 Å². The number of carbonyl (C=O) groups is 1. The lowest BCUT2D eigenvalue weighted by Crippen LogP contribution is -2.38. The number of benzene rings is 1. The first-order valence-corrected chi connectivity index (χ1v) is 7.60. The highest BCUT2D eigenvalue weighted by Crippen LogP contribution is 2.33. The third kappa shape index (κ3) is 2.63. The van der Waals surface area contributed by atoms with Crippen molar-refractivity contribution in [1.29, 1.82) is 0 Å². The van der Waals surface area contributed by atoms with Crippen LogP contribution in [0.5, 0.6) is 0 Å². The number of aromatic nitrogens is 1. The van der Waals surface area contributed by atoms with Gasteiger partial charge in [0.15, 0.2) is 0 Å². The fraction of sp³-hybridized carbons (Fsp3) is 0.412. The summed E-state index contributed by atoms with van der Waals surface area (Å²) in [6.07, 6.45) is 6.45. The maximum absolute atomic E-state index is 12.8. The van der Waals surface area contributed by atoms with Crippen molar-refractivity contribution < 1.29 is 4.79 Å². The van der Waals surface area contributed by atoms with E-state index in [-0.39, 0.29) is 11.3 Å². The van der Waals surface area contributed by atoms with Crippen LogP contribution in [0.3, 0.4) is 0 Å². The Morgan fingerprint density at radius 3 is 3.10 bits per heavy atom. The molecule has 1 aliphatic heterocycles. The standard InChI is InChI=1S/C17H21N3O/c1-2-7-17(8-10-19-12-17)16(21)20-15-5-3-4-13-11-18-9-6-14(13)15/h3-6,9,11,19H,2,7-8,10,12H2,1H3,(H,20,21). The summed E-state index contributed by atoms with van der Waals surface area (Å²) < 4.78 is 0. The van der Waals surface area contributed by atoms with Gasteiger partial charge in [0.25, 0.3) is 0 Å². The van der Waals surface area contributed by atoms with E-state index in [4.69, 9.17) is 0 Å². The van der Waals surface area contributed by atoms with Crippen molar-refractivity contribution in [1.82, 2.24) is 10.3 Å². The van der Waals surface area contributed by atoms with Gasteiger partial charge in [0.05, 0.1) is 5.41 Å². The molecule has 1 aromatic heterocycles. The molecule has 1 atom stereocenters. The molecule has 1 amide bonds. The van der Waals surface area contributed by atoms with Gasteiger partial charge in [-0.05, 0) is 31.5 Å². The number of hydrogen-bond donors (Lipinski definition) is 2. The molecule has 0 aliphatic carbocycles. The van der Waals surface area contributed by atoms with Crippen molar-refractivity contribution in [2.24, 2.45) is 5.41 Å². The van der Waals surface area contributed by atoms with E-state index in [9.17, 15) is 4.79 Å². The quantitative estimate of drug-likeness (QED) is 0.907. The van der Waals surface area contributed by atoms with E-state index < -0.39 is 0 Å². The number of pyridine rings is 1. The van der Waals surface area contributed by atoms with E-state index in [2.05, 4.69) is 22.5 Å². The van der Waals surface area contributed by atoms with Crippen LogP contribution in [-0.2, 0) is 4.79 Å². The Morgan fingerprint density at radius 1 is 1.43 bits per heavy atom. The maximum Gasteiger partial charge on any atom is 0.231 e. The minimum absolute atomic E-state index is 0.138. The van der Waals surface area contributed by atoms with Gasteiger partial charge in [0, 0.05) is 35.4 Å². The Bertz CT molecular complexity index is 642. The van der Waals surface area contributed by atoms with E-state index in [1.807, 2.05) is 30.5 Å². The van der Waals surface area contributed by atoms with E-state index in [0.29, 0.717) is 0 Å². The zero-order valence-electron chi connectivity index (χ0n) is 12.4. The molecule has 0 saturated carbocycles. The maximum atomic E-state index is 12.8. The number of hydrogen-bond acceptors (Lipinski definition) is 3. The Morgan fingerprint density at radius 2 is 2.33 bits per heavy atom. The highest BCUT2D eigenvalue weighted by molar-refractivity contribution is 6.03. The Labute approximate surface area is 125 Å². The van der Waals surface area contributed by atoms with E-state index in [0.717, 1.165) is 48.8 Å². The average Bonchev–Trinajstić information content (AvgIpc) is 2.98. The zero-order valence-corrected chi connectivity index (χ0v) is 12.4. The molecule has 2 N–H and O–H groups in total. The molecule has 110 valence electrons. The lowest BCUT2D eigenvalue weighted by Gasteiger charge is -2.26. The van der Waals surface area contributed by atoms with Crippen LogP contribution in [0.2, 0.25) is 0 Å². The Balaban J connectivity index is 1.89. The van der Waals surface area contributed by atoms with Gasteiger partial charge in [-0.25, -0.2) is 0 Å². The SMILES string of the molecule is CCCC1(C(=O)Nc2cccc3cnccc23)CCNC1. The summed E-state index contributed by atoms with van der Waals surface area (Å²) in [7, 11) is 0. The molecule has 4 heteroatoms. The topological polar surface area (TPSA) is 54.0 Å². The summed E-state index contributed by atoms with van der Waals surface area (Å²) in [5.74, 6) is 0.138. The molecule has 0 radical (unpaired) electrons. The molecule has 2 heterocycles. The highest BCUT2D eigenvalue weighted by atomic mass is 16.2. The van der Waals surface area contributed by atoms with Crippen LogP contribution in [0.15, 0.2) is 36.7 Å². The molecule has 1 unspecified atom stereocenters. The van der Waals surface area contributed by atoms with Gasteiger partial charge >= 0.3 is 0 Å². The van der Waals surface area contributed by atoms with Gasteiger partial charge in [-0.15, -0.1) is 0 Å². The van der Waals surface area contributed by atoms with Crippen LogP contribution in [0, 0.1) is 5.41 Å². The average molecular weight is 283 g/mol. The fourth-order valence-corrected chi connectivity index (χ4v) is 3.23. The third-order valence-corrected chi connectivity index (χ3v) is 4.38. The summed E-state index contributed by atoms with van der Waals surface area (Å²) in [6, 6.07) is 7.88. The van der Waals surface area contributed by atoms with Crippen LogP contribution in [0.1, 0.15) is 26.2 Å². The number of nitrogens with one attached hydrogen (secondary N) is 2. The van der Waals surface area contributed by atoms with Crippen molar-refractivity contribution in [2.75, 3.05) is 18.4 Å². The second-order valence-electron chi connectivity index (χ2n) is 5.81. The normalized spacial score (nSPS) is 21.6. The van der Waals surface area contributed by atoms with Crippen molar-refractivity contribution >= 4 is 22.4 Å². The first-order valence-electron chi connectivity index (χ1n) is 7.60. The molecule has 1 aliphatic rings. The lowest BCUT2D eigenvalue weighted by molar-refractivity contribution is -0.125. The molecule has 0 bridgehead atoms. The van der Waals surface area contributed by atoms with Gasteiger partial charge in [-0.2, -0.15) is 0 Å². The molecule has 1 saturated heterocycles. The molecule has 1 aromatic carbocycles.